The van der Waals surface area contributed by atoms with Gasteiger partial charge < -0.3 is 18.8 Å². The van der Waals surface area contributed by atoms with E-state index in [1.54, 1.807) is 6.08 Å². The Morgan fingerprint density at radius 2 is 1.48 bits per heavy atom. The SMILES string of the molecule is CC(=O)OC[C@H]1OC=C[C@H](P(=O)(c2ccccc2)c2ccccc2)[C@H]1OC(C)=O. The molecule has 0 fully saturated rings. The van der Waals surface area contributed by atoms with E-state index in [0.717, 1.165) is 0 Å². The molecule has 1 aliphatic heterocycles. The molecular formula is C22H23O6P. The number of benzene rings is 2. The summed E-state index contributed by atoms with van der Waals surface area (Å²) >= 11 is 0. The molecule has 3 atom stereocenters. The molecule has 0 spiro atoms. The Labute approximate surface area is 169 Å². The predicted molar refractivity (Wildman–Crippen MR) is 110 cm³/mol. The lowest BCUT2D eigenvalue weighted by atomic mass is 10.1. The van der Waals surface area contributed by atoms with Gasteiger partial charge in [0.1, 0.15) is 6.61 Å². The van der Waals surface area contributed by atoms with Crippen LogP contribution in [0.15, 0.2) is 73.0 Å². The molecular weight excluding hydrogens is 391 g/mol. The largest absolute Gasteiger partial charge is 0.491 e. The van der Waals surface area contributed by atoms with E-state index in [1.807, 2.05) is 60.7 Å². The summed E-state index contributed by atoms with van der Waals surface area (Å²) < 4.78 is 30.9. The molecule has 0 saturated heterocycles. The standard InChI is InChI=1S/C22H23O6P/c1-16(23)27-15-20-22(28-17(2)24)21(13-14-26-20)29(25,18-9-5-3-6-10-18)19-11-7-4-8-12-19/h3-14,20-22H,15H2,1-2H3/t20-,21+,22+/m1/s1. The van der Waals surface area contributed by atoms with Gasteiger partial charge >= 0.3 is 11.9 Å². The summed E-state index contributed by atoms with van der Waals surface area (Å²) in [5.74, 6) is -1.00. The minimum atomic E-state index is -3.28. The third-order valence-corrected chi connectivity index (χ3v) is 8.12. The molecule has 0 unspecified atom stereocenters. The minimum Gasteiger partial charge on any atom is -0.491 e. The molecule has 0 aromatic heterocycles. The first kappa shape index (κ1) is 20.9. The highest BCUT2D eigenvalue weighted by molar-refractivity contribution is 7.79. The molecule has 0 N–H and O–H groups in total. The Morgan fingerprint density at radius 1 is 0.931 bits per heavy atom. The second-order valence-electron chi connectivity index (χ2n) is 6.70. The number of hydrogen-bond acceptors (Lipinski definition) is 6. The van der Waals surface area contributed by atoms with Crippen LogP contribution >= 0.6 is 7.14 Å². The fourth-order valence-electron chi connectivity index (χ4n) is 3.42. The second-order valence-corrected chi connectivity index (χ2v) is 9.64. The maximum absolute atomic E-state index is 14.6. The summed E-state index contributed by atoms with van der Waals surface area (Å²) in [6, 6.07) is 18.2. The van der Waals surface area contributed by atoms with Crippen molar-refractivity contribution in [1.82, 2.24) is 0 Å². The van der Waals surface area contributed by atoms with Crippen LogP contribution in [0.1, 0.15) is 13.8 Å². The smallest absolute Gasteiger partial charge is 0.303 e. The lowest BCUT2D eigenvalue weighted by Gasteiger charge is -2.38. The average molecular weight is 414 g/mol. The summed E-state index contributed by atoms with van der Waals surface area (Å²) in [4.78, 5) is 23.1. The molecule has 152 valence electrons. The number of carbonyl (C=O) groups is 2. The normalized spacial score (nSPS) is 21.1. The maximum Gasteiger partial charge on any atom is 0.303 e. The van der Waals surface area contributed by atoms with Crippen molar-refractivity contribution < 1.29 is 28.4 Å². The van der Waals surface area contributed by atoms with Gasteiger partial charge in [0.2, 0.25) is 0 Å². The zero-order valence-corrected chi connectivity index (χ0v) is 17.2. The molecule has 0 amide bonds. The Bertz CT molecular complexity index is 881. The van der Waals surface area contributed by atoms with Crippen molar-refractivity contribution in [3.63, 3.8) is 0 Å². The summed E-state index contributed by atoms with van der Waals surface area (Å²) in [5.41, 5.74) is -0.675. The monoisotopic (exact) mass is 414 g/mol. The quantitative estimate of drug-likeness (QED) is 0.534. The number of esters is 2. The van der Waals surface area contributed by atoms with Gasteiger partial charge in [-0.25, -0.2) is 0 Å². The van der Waals surface area contributed by atoms with Crippen molar-refractivity contribution in [1.29, 1.82) is 0 Å². The third kappa shape index (κ3) is 4.60. The summed E-state index contributed by atoms with van der Waals surface area (Å²) in [5, 5.41) is 1.29. The Hall–Kier alpha value is -2.85. The Kier molecular flexibility index (Phi) is 6.55. The number of ether oxygens (including phenoxy) is 3. The van der Waals surface area contributed by atoms with E-state index < -0.39 is 36.9 Å². The molecule has 6 nitrogen and oxygen atoms in total. The highest BCUT2D eigenvalue weighted by Gasteiger charge is 2.47. The van der Waals surface area contributed by atoms with Crippen molar-refractivity contribution in [2.45, 2.75) is 31.7 Å². The van der Waals surface area contributed by atoms with Crippen LogP contribution in [-0.4, -0.2) is 36.4 Å². The Morgan fingerprint density at radius 3 is 1.97 bits per heavy atom. The third-order valence-electron chi connectivity index (χ3n) is 4.68. The molecule has 0 saturated carbocycles. The van der Waals surface area contributed by atoms with Gasteiger partial charge in [0.05, 0.1) is 11.9 Å². The van der Waals surface area contributed by atoms with E-state index in [-0.39, 0.29) is 6.61 Å². The first-order valence-corrected chi connectivity index (χ1v) is 11.0. The Balaban J connectivity index is 2.11. The highest BCUT2D eigenvalue weighted by Crippen LogP contribution is 2.52. The van der Waals surface area contributed by atoms with Gasteiger partial charge in [0.25, 0.3) is 0 Å². The zero-order chi connectivity index (χ0) is 20.9. The van der Waals surface area contributed by atoms with Gasteiger partial charge in [-0.3, -0.25) is 9.59 Å². The molecule has 2 aromatic carbocycles. The van der Waals surface area contributed by atoms with E-state index in [9.17, 15) is 14.2 Å². The van der Waals surface area contributed by atoms with Crippen molar-refractivity contribution in [2.75, 3.05) is 6.61 Å². The molecule has 1 heterocycles. The van der Waals surface area contributed by atoms with Crippen LogP contribution in [0.4, 0.5) is 0 Å². The van der Waals surface area contributed by atoms with Crippen LogP contribution in [0.25, 0.3) is 0 Å². The van der Waals surface area contributed by atoms with Gasteiger partial charge in [-0.05, 0) is 6.08 Å². The van der Waals surface area contributed by atoms with Gasteiger partial charge in [-0.15, -0.1) is 0 Å². The van der Waals surface area contributed by atoms with E-state index in [4.69, 9.17) is 14.2 Å². The van der Waals surface area contributed by atoms with Crippen molar-refractivity contribution >= 4 is 29.7 Å². The van der Waals surface area contributed by atoms with Gasteiger partial charge in [-0.2, -0.15) is 0 Å². The lowest BCUT2D eigenvalue weighted by molar-refractivity contribution is -0.159. The second kappa shape index (κ2) is 9.10. The van der Waals surface area contributed by atoms with Crippen LogP contribution in [0.5, 0.6) is 0 Å². The first-order chi connectivity index (χ1) is 13.9. The zero-order valence-electron chi connectivity index (χ0n) is 16.3. The van der Waals surface area contributed by atoms with Crippen LogP contribution < -0.4 is 10.6 Å². The molecule has 3 rings (SSSR count). The first-order valence-electron chi connectivity index (χ1n) is 9.26. The number of rotatable bonds is 6. The molecule has 29 heavy (non-hydrogen) atoms. The summed E-state index contributed by atoms with van der Waals surface area (Å²) in [6.07, 6.45) is 1.46. The minimum absolute atomic E-state index is 0.113. The van der Waals surface area contributed by atoms with Crippen LogP contribution in [-0.2, 0) is 28.4 Å². The number of hydrogen-bond donors (Lipinski definition) is 0. The van der Waals surface area contributed by atoms with Gasteiger partial charge in [0, 0.05) is 24.5 Å². The van der Waals surface area contributed by atoms with Crippen molar-refractivity contribution in [2.24, 2.45) is 0 Å². The van der Waals surface area contributed by atoms with Crippen molar-refractivity contribution in [3.8, 4) is 0 Å². The molecule has 0 aliphatic carbocycles. The summed E-state index contributed by atoms with van der Waals surface area (Å²) in [6.45, 7) is 2.46. The van der Waals surface area contributed by atoms with E-state index in [1.165, 1.54) is 20.1 Å². The van der Waals surface area contributed by atoms with E-state index in [2.05, 4.69) is 0 Å². The molecule has 7 heteroatoms. The number of carbonyl (C=O) groups excluding carboxylic acids is 2. The molecule has 0 radical (unpaired) electrons. The van der Waals surface area contributed by atoms with Gasteiger partial charge in [-0.1, -0.05) is 60.7 Å². The average Bonchev–Trinajstić information content (AvgIpc) is 2.73. The fourth-order valence-corrected chi connectivity index (χ4v) is 6.62. The lowest BCUT2D eigenvalue weighted by Crippen LogP contribution is -2.48. The van der Waals surface area contributed by atoms with Crippen LogP contribution in [0.3, 0.4) is 0 Å². The van der Waals surface area contributed by atoms with Crippen LogP contribution in [0, 0.1) is 0 Å². The maximum atomic E-state index is 14.6. The highest BCUT2D eigenvalue weighted by atomic mass is 31.2. The van der Waals surface area contributed by atoms with Gasteiger partial charge in [0.15, 0.2) is 19.3 Å². The molecule has 2 aromatic rings. The predicted octanol–water partition coefficient (Wildman–Crippen LogP) is 2.78. The van der Waals surface area contributed by atoms with E-state index >= 15 is 0 Å². The molecule has 0 bridgehead atoms. The fraction of sp³-hybridized carbons (Fsp3) is 0.273. The summed E-state index contributed by atoms with van der Waals surface area (Å²) in [7, 11) is -3.28. The van der Waals surface area contributed by atoms with Crippen molar-refractivity contribution in [3.05, 3.63) is 73.0 Å². The molecule has 1 aliphatic rings. The van der Waals surface area contributed by atoms with Crippen LogP contribution in [0.2, 0.25) is 0 Å². The van der Waals surface area contributed by atoms with E-state index in [0.29, 0.717) is 10.6 Å². The topological polar surface area (TPSA) is 78.9 Å².